The predicted molar refractivity (Wildman–Crippen MR) is 73.8 cm³/mol. The second-order valence-corrected chi connectivity index (χ2v) is 6.32. The second-order valence-electron chi connectivity index (χ2n) is 3.85. The molecular weight excluding hydrogens is 368 g/mol. The molecule has 9 heteroatoms. The molecule has 5 nitrogen and oxygen atoms in total. The van der Waals surface area contributed by atoms with Crippen LogP contribution in [0.1, 0.15) is 5.56 Å². The van der Waals surface area contributed by atoms with Crippen molar-refractivity contribution in [2.75, 3.05) is 4.72 Å². The minimum atomic E-state index is -4.14. The molecule has 0 radical (unpaired) electrons. The zero-order valence-electron chi connectivity index (χ0n) is 10.1. The van der Waals surface area contributed by atoms with Crippen LogP contribution in [0.25, 0.3) is 0 Å². The number of nitrogens with one attached hydrogen (secondary N) is 1. The van der Waals surface area contributed by atoms with Gasteiger partial charge in [0.15, 0.2) is 5.82 Å². The number of benzene rings is 1. The molecule has 2 aromatic rings. The highest BCUT2D eigenvalue weighted by Gasteiger charge is 2.19. The van der Waals surface area contributed by atoms with Crippen LogP contribution in [0.5, 0.6) is 0 Å². The van der Waals surface area contributed by atoms with E-state index in [-0.39, 0.29) is 10.5 Å². The van der Waals surface area contributed by atoms with Crippen LogP contribution in [0.15, 0.2) is 40.0 Å². The van der Waals surface area contributed by atoms with E-state index in [1.165, 1.54) is 6.20 Å². The highest BCUT2D eigenvalue weighted by molar-refractivity contribution is 9.10. The van der Waals surface area contributed by atoms with Gasteiger partial charge in [-0.05, 0) is 34.1 Å². The van der Waals surface area contributed by atoms with Gasteiger partial charge in [0.25, 0.3) is 10.0 Å². The summed E-state index contributed by atoms with van der Waals surface area (Å²) in [5.74, 6) is -1.94. The molecule has 108 valence electrons. The van der Waals surface area contributed by atoms with Gasteiger partial charge in [-0.1, -0.05) is 0 Å². The third-order valence-electron chi connectivity index (χ3n) is 2.43. The molecule has 21 heavy (non-hydrogen) atoms. The topological polar surface area (TPSA) is 82.8 Å². The largest absolute Gasteiger partial charge is 0.277 e. The lowest BCUT2D eigenvalue weighted by Crippen LogP contribution is -2.14. The van der Waals surface area contributed by atoms with Gasteiger partial charge in [-0.3, -0.25) is 9.71 Å². The lowest BCUT2D eigenvalue weighted by atomic mass is 10.3. The smallest absolute Gasteiger partial charge is 0.263 e. The fourth-order valence-corrected chi connectivity index (χ4v) is 2.83. The summed E-state index contributed by atoms with van der Waals surface area (Å²) >= 11 is 2.68. The van der Waals surface area contributed by atoms with Crippen molar-refractivity contribution in [2.45, 2.75) is 4.90 Å². The SMILES string of the molecule is N#Cc1cncc(S(=O)(=O)Nc2ccc(F)c(Br)c2F)c1. The maximum absolute atomic E-state index is 13.8. The van der Waals surface area contributed by atoms with Crippen LogP contribution in [0.3, 0.4) is 0 Å². The van der Waals surface area contributed by atoms with E-state index in [0.717, 1.165) is 24.4 Å². The van der Waals surface area contributed by atoms with Crippen molar-refractivity contribution in [3.05, 3.63) is 52.3 Å². The number of nitriles is 1. The van der Waals surface area contributed by atoms with E-state index in [9.17, 15) is 17.2 Å². The fourth-order valence-electron chi connectivity index (χ4n) is 1.44. The van der Waals surface area contributed by atoms with Crippen molar-refractivity contribution in [1.29, 1.82) is 5.26 Å². The Morgan fingerprint density at radius 3 is 2.67 bits per heavy atom. The van der Waals surface area contributed by atoms with Gasteiger partial charge in [-0.2, -0.15) is 5.26 Å². The molecular formula is C12H6BrF2N3O2S. The minimum absolute atomic E-state index is 0.0404. The van der Waals surface area contributed by atoms with E-state index in [0.29, 0.717) is 0 Å². The lowest BCUT2D eigenvalue weighted by Gasteiger charge is -2.10. The monoisotopic (exact) mass is 373 g/mol. The summed E-state index contributed by atoms with van der Waals surface area (Å²) in [6.07, 6.45) is 2.20. The van der Waals surface area contributed by atoms with Gasteiger partial charge in [-0.15, -0.1) is 0 Å². The van der Waals surface area contributed by atoms with Gasteiger partial charge in [0.05, 0.1) is 15.7 Å². The Morgan fingerprint density at radius 1 is 1.29 bits per heavy atom. The Kier molecular flexibility index (Phi) is 4.20. The number of aromatic nitrogens is 1. The van der Waals surface area contributed by atoms with Gasteiger partial charge in [0.2, 0.25) is 0 Å². The zero-order chi connectivity index (χ0) is 15.6. The van der Waals surface area contributed by atoms with Gasteiger partial charge < -0.3 is 0 Å². The molecule has 0 saturated heterocycles. The Bertz CT molecular complexity index is 850. The summed E-state index contributed by atoms with van der Waals surface area (Å²) in [7, 11) is -4.14. The minimum Gasteiger partial charge on any atom is -0.277 e. The third-order valence-corrected chi connectivity index (χ3v) is 4.49. The quantitative estimate of drug-likeness (QED) is 0.838. The number of nitrogens with zero attached hydrogens (tertiary/aromatic N) is 2. The highest BCUT2D eigenvalue weighted by atomic mass is 79.9. The first-order chi connectivity index (χ1) is 9.85. The number of halogens is 3. The summed E-state index contributed by atoms with van der Waals surface area (Å²) in [6, 6.07) is 4.70. The Labute approximate surface area is 127 Å². The average molecular weight is 374 g/mol. The summed E-state index contributed by atoms with van der Waals surface area (Å²) < 4.78 is 52.5. The van der Waals surface area contributed by atoms with Crippen LogP contribution in [0, 0.1) is 23.0 Å². The van der Waals surface area contributed by atoms with Gasteiger partial charge in [-0.25, -0.2) is 17.2 Å². The van der Waals surface area contributed by atoms with Crippen LogP contribution in [-0.4, -0.2) is 13.4 Å². The summed E-state index contributed by atoms with van der Waals surface area (Å²) in [4.78, 5) is 3.31. The molecule has 0 amide bonds. The molecule has 0 aliphatic rings. The first kappa shape index (κ1) is 15.3. The van der Waals surface area contributed by atoms with Crippen molar-refractivity contribution in [3.8, 4) is 6.07 Å². The van der Waals surface area contributed by atoms with Crippen LogP contribution in [0.4, 0.5) is 14.5 Å². The van der Waals surface area contributed by atoms with Crippen LogP contribution < -0.4 is 4.72 Å². The molecule has 0 bridgehead atoms. The van der Waals surface area contributed by atoms with E-state index in [1.807, 2.05) is 4.72 Å². The zero-order valence-corrected chi connectivity index (χ0v) is 12.5. The first-order valence-corrected chi connectivity index (χ1v) is 7.64. The summed E-state index contributed by atoms with van der Waals surface area (Å²) in [5, 5.41) is 8.72. The molecule has 0 aliphatic heterocycles. The van der Waals surface area contributed by atoms with E-state index >= 15 is 0 Å². The second kappa shape index (κ2) is 5.75. The van der Waals surface area contributed by atoms with Crippen molar-refractivity contribution in [1.82, 2.24) is 4.98 Å². The van der Waals surface area contributed by atoms with E-state index in [4.69, 9.17) is 5.26 Å². The van der Waals surface area contributed by atoms with Gasteiger partial charge >= 0.3 is 0 Å². The predicted octanol–water partition coefficient (Wildman–Crippen LogP) is 2.79. The van der Waals surface area contributed by atoms with Crippen molar-refractivity contribution in [3.63, 3.8) is 0 Å². The molecule has 0 atom stereocenters. The number of rotatable bonds is 3. The third kappa shape index (κ3) is 3.17. The number of pyridine rings is 1. The van der Waals surface area contributed by atoms with Crippen molar-refractivity contribution in [2.24, 2.45) is 0 Å². The molecule has 1 heterocycles. The normalized spacial score (nSPS) is 11.0. The van der Waals surface area contributed by atoms with Crippen LogP contribution in [0.2, 0.25) is 0 Å². The van der Waals surface area contributed by atoms with Gasteiger partial charge in [0, 0.05) is 12.4 Å². The van der Waals surface area contributed by atoms with Crippen LogP contribution >= 0.6 is 15.9 Å². The van der Waals surface area contributed by atoms with E-state index in [1.54, 1.807) is 6.07 Å². The molecule has 1 N–H and O–H groups in total. The lowest BCUT2D eigenvalue weighted by molar-refractivity contribution is 0.572. The van der Waals surface area contributed by atoms with Crippen molar-refractivity contribution < 1.29 is 17.2 Å². The number of hydrogen-bond donors (Lipinski definition) is 1. The maximum atomic E-state index is 13.8. The van der Waals surface area contributed by atoms with E-state index in [2.05, 4.69) is 20.9 Å². The summed E-state index contributed by atoms with van der Waals surface area (Å²) in [6.45, 7) is 0. The molecule has 0 unspecified atom stereocenters. The summed E-state index contributed by atoms with van der Waals surface area (Å²) in [5.41, 5.74) is -0.385. The average Bonchev–Trinajstić information content (AvgIpc) is 2.48. The Balaban J connectivity index is 2.43. The van der Waals surface area contributed by atoms with Crippen LogP contribution in [-0.2, 0) is 10.0 Å². The molecule has 0 aliphatic carbocycles. The standard InChI is InChI=1S/C12H6BrF2N3O2S/c13-11-9(14)1-2-10(12(11)15)18-21(19,20)8-3-7(4-16)5-17-6-8/h1-3,5-6,18H. The van der Waals surface area contributed by atoms with Crippen molar-refractivity contribution >= 4 is 31.6 Å². The Hall–Kier alpha value is -2.05. The molecule has 0 fully saturated rings. The molecule has 0 spiro atoms. The molecule has 0 saturated carbocycles. The Morgan fingerprint density at radius 2 is 2.00 bits per heavy atom. The van der Waals surface area contributed by atoms with E-state index < -0.39 is 31.8 Å². The fraction of sp³-hybridized carbons (Fsp3) is 0. The number of hydrogen-bond acceptors (Lipinski definition) is 4. The molecule has 1 aromatic carbocycles. The number of sulfonamides is 1. The molecule has 2 rings (SSSR count). The highest BCUT2D eigenvalue weighted by Crippen LogP contribution is 2.27. The number of anilines is 1. The van der Waals surface area contributed by atoms with Gasteiger partial charge in [0.1, 0.15) is 16.8 Å². The molecule has 1 aromatic heterocycles. The first-order valence-electron chi connectivity index (χ1n) is 5.36. The maximum Gasteiger partial charge on any atom is 0.263 e.